The molecule has 2 heterocycles. The number of hydrogen-bond donors (Lipinski definition) is 0. The van der Waals surface area contributed by atoms with Crippen LogP contribution in [0.2, 0.25) is 0 Å². The van der Waals surface area contributed by atoms with Crippen molar-refractivity contribution in [1.82, 2.24) is 15.0 Å². The molecule has 0 radical (unpaired) electrons. The van der Waals surface area contributed by atoms with Gasteiger partial charge in [-0.3, -0.25) is 9.69 Å². The first-order chi connectivity index (χ1) is 15.1. The third-order valence-corrected chi connectivity index (χ3v) is 6.46. The first kappa shape index (κ1) is 21.2. The minimum Gasteiger partial charge on any atom is -0.360 e. The zero-order valence-electron chi connectivity index (χ0n) is 17.5. The van der Waals surface area contributed by atoms with Crippen LogP contribution >= 0.6 is 11.8 Å². The van der Waals surface area contributed by atoms with E-state index in [-0.39, 0.29) is 5.91 Å². The van der Waals surface area contributed by atoms with Crippen LogP contribution in [-0.2, 0) is 12.3 Å². The Balaban J connectivity index is 1.36. The van der Waals surface area contributed by atoms with Crippen LogP contribution in [0.25, 0.3) is 0 Å². The number of nitrogens with zero attached hydrogens (tertiary/aromatic N) is 4. The highest BCUT2D eigenvalue weighted by Gasteiger charge is 2.24. The molecule has 1 saturated heterocycles. The number of nitriles is 1. The molecule has 6 nitrogen and oxygen atoms in total. The number of carbonyl (C=O) groups is 1. The van der Waals surface area contributed by atoms with Crippen molar-refractivity contribution in [3.05, 3.63) is 82.7 Å². The molecule has 0 N–H and O–H groups in total. The second-order valence-electron chi connectivity index (χ2n) is 7.60. The minimum absolute atomic E-state index is 0.0816. The number of thioether (sulfide) groups is 1. The molecule has 1 amide bonds. The van der Waals surface area contributed by atoms with E-state index in [1.807, 2.05) is 66.4 Å². The predicted molar refractivity (Wildman–Crippen MR) is 120 cm³/mol. The summed E-state index contributed by atoms with van der Waals surface area (Å²) in [6, 6.07) is 19.5. The van der Waals surface area contributed by atoms with E-state index in [1.54, 1.807) is 11.8 Å². The van der Waals surface area contributed by atoms with Gasteiger partial charge in [0.05, 0.1) is 29.4 Å². The number of aryl methyl sites for hydroxylation is 1. The predicted octanol–water partition coefficient (Wildman–Crippen LogP) is 4.11. The number of hydrogen-bond acceptors (Lipinski definition) is 6. The summed E-state index contributed by atoms with van der Waals surface area (Å²) in [7, 11) is 0. The van der Waals surface area contributed by atoms with Gasteiger partial charge < -0.3 is 9.42 Å². The quantitative estimate of drug-likeness (QED) is 0.546. The highest BCUT2D eigenvalue weighted by Crippen LogP contribution is 2.27. The average molecular weight is 433 g/mol. The van der Waals surface area contributed by atoms with Crippen LogP contribution in [0, 0.1) is 18.3 Å². The van der Waals surface area contributed by atoms with Gasteiger partial charge in [-0.15, -0.1) is 11.8 Å². The molecule has 1 aliphatic heterocycles. The summed E-state index contributed by atoms with van der Waals surface area (Å²) in [5.74, 6) is 1.69. The number of aromatic nitrogens is 1. The molecular weight excluding hydrogens is 408 g/mol. The first-order valence-corrected chi connectivity index (χ1v) is 11.3. The van der Waals surface area contributed by atoms with Crippen molar-refractivity contribution in [1.29, 1.82) is 5.26 Å². The summed E-state index contributed by atoms with van der Waals surface area (Å²) in [6.45, 7) is 5.65. The molecule has 0 unspecified atom stereocenters. The minimum atomic E-state index is 0.0816. The Labute approximate surface area is 186 Å². The summed E-state index contributed by atoms with van der Waals surface area (Å²) in [5, 5.41) is 12.9. The van der Waals surface area contributed by atoms with E-state index in [4.69, 9.17) is 9.78 Å². The van der Waals surface area contributed by atoms with Crippen molar-refractivity contribution in [3.8, 4) is 6.07 Å². The van der Waals surface area contributed by atoms with E-state index in [2.05, 4.69) is 16.1 Å². The Morgan fingerprint density at radius 2 is 1.87 bits per heavy atom. The molecule has 1 aromatic heterocycles. The van der Waals surface area contributed by atoms with Gasteiger partial charge in [-0.05, 0) is 36.8 Å². The monoisotopic (exact) mass is 432 g/mol. The molecule has 0 saturated carbocycles. The van der Waals surface area contributed by atoms with Crippen molar-refractivity contribution in [3.63, 3.8) is 0 Å². The summed E-state index contributed by atoms with van der Waals surface area (Å²) >= 11 is 1.65. The summed E-state index contributed by atoms with van der Waals surface area (Å²) < 4.78 is 5.31. The number of carbonyl (C=O) groups excluding carboxylic acids is 1. The zero-order chi connectivity index (χ0) is 21.6. The summed E-state index contributed by atoms with van der Waals surface area (Å²) in [4.78, 5) is 18.4. The third-order valence-electron chi connectivity index (χ3n) is 5.31. The van der Waals surface area contributed by atoms with Gasteiger partial charge >= 0.3 is 0 Å². The lowest BCUT2D eigenvalue weighted by Gasteiger charge is -2.34. The highest BCUT2D eigenvalue weighted by molar-refractivity contribution is 7.98. The normalized spacial score (nSPS) is 14.4. The molecule has 1 aliphatic rings. The largest absolute Gasteiger partial charge is 0.360 e. The van der Waals surface area contributed by atoms with E-state index in [9.17, 15) is 4.79 Å². The van der Waals surface area contributed by atoms with Crippen LogP contribution in [0.15, 0.2) is 64.0 Å². The molecule has 0 aliphatic carbocycles. The number of rotatable bonds is 6. The third kappa shape index (κ3) is 5.35. The first-order valence-electron chi connectivity index (χ1n) is 10.3. The fourth-order valence-electron chi connectivity index (χ4n) is 3.60. The van der Waals surface area contributed by atoms with Crippen molar-refractivity contribution in [2.45, 2.75) is 24.1 Å². The van der Waals surface area contributed by atoms with Crippen LogP contribution in [0.4, 0.5) is 0 Å². The number of piperazine rings is 1. The van der Waals surface area contributed by atoms with Gasteiger partial charge in [0, 0.05) is 42.9 Å². The van der Waals surface area contributed by atoms with Crippen molar-refractivity contribution in [2.75, 3.05) is 26.2 Å². The molecule has 0 atom stereocenters. The molecule has 7 heteroatoms. The summed E-state index contributed by atoms with van der Waals surface area (Å²) in [6.07, 6.45) is 0. The van der Waals surface area contributed by atoms with Gasteiger partial charge in [0.1, 0.15) is 0 Å². The van der Waals surface area contributed by atoms with E-state index < -0.39 is 0 Å². The van der Waals surface area contributed by atoms with Gasteiger partial charge in [-0.1, -0.05) is 29.4 Å². The second kappa shape index (κ2) is 9.82. The number of benzene rings is 2. The SMILES string of the molecule is Cc1cc(CN2CCN(C(=O)c3ccccc3SCc3ccc(C#N)cc3)CC2)on1. The van der Waals surface area contributed by atoms with Crippen LogP contribution in [-0.4, -0.2) is 47.0 Å². The van der Waals surface area contributed by atoms with Crippen LogP contribution in [0.1, 0.15) is 32.9 Å². The zero-order valence-corrected chi connectivity index (χ0v) is 18.3. The Kier molecular flexibility index (Phi) is 6.70. The Bertz CT molecular complexity index is 1080. The molecule has 0 bridgehead atoms. The lowest BCUT2D eigenvalue weighted by molar-refractivity contribution is 0.0614. The second-order valence-corrected chi connectivity index (χ2v) is 8.61. The van der Waals surface area contributed by atoms with Crippen molar-refractivity contribution in [2.24, 2.45) is 0 Å². The molecule has 158 valence electrons. The van der Waals surface area contributed by atoms with Crippen molar-refractivity contribution < 1.29 is 9.32 Å². The average Bonchev–Trinajstić information content (AvgIpc) is 3.22. The molecule has 0 spiro atoms. The molecule has 4 rings (SSSR count). The van der Waals surface area contributed by atoms with Crippen LogP contribution in [0.3, 0.4) is 0 Å². The molecular formula is C24H24N4O2S. The smallest absolute Gasteiger partial charge is 0.255 e. The standard InChI is InChI=1S/C24H24N4O2S/c1-18-14-21(30-26-18)16-27-10-12-28(13-11-27)24(29)22-4-2-3-5-23(22)31-17-20-8-6-19(15-25)7-9-20/h2-9,14H,10-13,16-17H2,1H3. The maximum Gasteiger partial charge on any atom is 0.255 e. The van der Waals surface area contributed by atoms with E-state index in [1.165, 1.54) is 0 Å². The Morgan fingerprint density at radius 1 is 1.13 bits per heavy atom. The molecule has 2 aromatic carbocycles. The molecule has 1 fully saturated rings. The molecule has 3 aromatic rings. The topological polar surface area (TPSA) is 73.4 Å². The fraction of sp³-hybridized carbons (Fsp3) is 0.292. The lowest BCUT2D eigenvalue weighted by Crippen LogP contribution is -2.48. The van der Waals surface area contributed by atoms with Gasteiger partial charge in [-0.25, -0.2) is 0 Å². The Hall–Kier alpha value is -3.08. The van der Waals surface area contributed by atoms with Crippen LogP contribution < -0.4 is 0 Å². The fourth-order valence-corrected chi connectivity index (χ4v) is 4.60. The number of amides is 1. The van der Waals surface area contributed by atoms with Gasteiger partial charge in [-0.2, -0.15) is 5.26 Å². The van der Waals surface area contributed by atoms with E-state index in [0.717, 1.165) is 52.9 Å². The molecule has 31 heavy (non-hydrogen) atoms. The maximum atomic E-state index is 13.2. The maximum absolute atomic E-state index is 13.2. The lowest BCUT2D eigenvalue weighted by atomic mass is 10.1. The van der Waals surface area contributed by atoms with Gasteiger partial charge in [0.2, 0.25) is 0 Å². The Morgan fingerprint density at radius 3 is 2.55 bits per heavy atom. The van der Waals surface area contributed by atoms with Gasteiger partial charge in [0.25, 0.3) is 5.91 Å². The highest BCUT2D eigenvalue weighted by atomic mass is 32.2. The van der Waals surface area contributed by atoms with Gasteiger partial charge in [0.15, 0.2) is 5.76 Å². The van der Waals surface area contributed by atoms with E-state index in [0.29, 0.717) is 18.7 Å². The van der Waals surface area contributed by atoms with Crippen molar-refractivity contribution >= 4 is 17.7 Å². The van der Waals surface area contributed by atoms with Crippen LogP contribution in [0.5, 0.6) is 0 Å². The summed E-state index contributed by atoms with van der Waals surface area (Å²) in [5.41, 5.74) is 3.42. The van der Waals surface area contributed by atoms with E-state index >= 15 is 0 Å².